The Morgan fingerprint density at radius 2 is 1.87 bits per heavy atom. The SMILES string of the molecule is CCC(C)Nc1oc(-c2ccccc2Cl)nc1S(=O)(=O)c1ccc2c(c1)OCCO2. The first-order valence-corrected chi connectivity index (χ1v) is 11.4. The third kappa shape index (κ3) is 3.85. The number of anilines is 1. The maximum atomic E-state index is 13.4. The van der Waals surface area contributed by atoms with E-state index >= 15 is 0 Å². The number of aromatic nitrogens is 1. The van der Waals surface area contributed by atoms with Gasteiger partial charge in [0, 0.05) is 12.1 Å². The number of benzene rings is 2. The van der Waals surface area contributed by atoms with Gasteiger partial charge < -0.3 is 19.2 Å². The van der Waals surface area contributed by atoms with Crippen LogP contribution in [-0.4, -0.2) is 32.7 Å². The van der Waals surface area contributed by atoms with Crippen molar-refractivity contribution in [1.29, 1.82) is 0 Å². The van der Waals surface area contributed by atoms with E-state index in [2.05, 4.69) is 10.3 Å². The summed E-state index contributed by atoms with van der Waals surface area (Å²) in [4.78, 5) is 4.35. The smallest absolute Gasteiger partial charge is 0.234 e. The van der Waals surface area contributed by atoms with E-state index in [9.17, 15) is 8.42 Å². The molecule has 158 valence electrons. The minimum atomic E-state index is -4.00. The van der Waals surface area contributed by atoms with Crippen LogP contribution < -0.4 is 14.8 Å². The molecule has 0 saturated carbocycles. The third-order valence-electron chi connectivity index (χ3n) is 4.77. The second-order valence-corrected chi connectivity index (χ2v) is 9.17. The summed E-state index contributed by atoms with van der Waals surface area (Å²) in [5.41, 5.74) is 0.509. The molecule has 1 aromatic heterocycles. The van der Waals surface area contributed by atoms with Gasteiger partial charge in [-0.2, -0.15) is 4.98 Å². The van der Waals surface area contributed by atoms with Gasteiger partial charge in [-0.25, -0.2) is 8.42 Å². The van der Waals surface area contributed by atoms with Gasteiger partial charge in [0.15, 0.2) is 11.5 Å². The highest BCUT2D eigenvalue weighted by Crippen LogP contribution is 2.38. The van der Waals surface area contributed by atoms with Crippen LogP contribution in [0.1, 0.15) is 20.3 Å². The maximum Gasteiger partial charge on any atom is 0.234 e. The van der Waals surface area contributed by atoms with E-state index in [1.54, 1.807) is 30.3 Å². The number of halogens is 1. The topological polar surface area (TPSA) is 90.7 Å². The zero-order valence-corrected chi connectivity index (χ0v) is 18.1. The summed E-state index contributed by atoms with van der Waals surface area (Å²) in [7, 11) is -4.00. The molecular formula is C21H21ClN2O5S. The maximum absolute atomic E-state index is 13.4. The molecular weight excluding hydrogens is 428 g/mol. The molecule has 7 nitrogen and oxygen atoms in total. The van der Waals surface area contributed by atoms with Crippen LogP contribution in [0.15, 0.2) is 56.8 Å². The van der Waals surface area contributed by atoms with Gasteiger partial charge in [-0.3, -0.25) is 0 Å². The van der Waals surface area contributed by atoms with Crippen LogP contribution in [0.5, 0.6) is 11.5 Å². The average molecular weight is 449 g/mol. The molecule has 1 atom stereocenters. The first-order chi connectivity index (χ1) is 14.4. The zero-order chi connectivity index (χ0) is 21.3. The van der Waals surface area contributed by atoms with Gasteiger partial charge in [0.05, 0.1) is 15.5 Å². The number of nitrogens with one attached hydrogen (secondary N) is 1. The van der Waals surface area contributed by atoms with E-state index < -0.39 is 9.84 Å². The van der Waals surface area contributed by atoms with Crippen LogP contribution in [0.4, 0.5) is 5.88 Å². The highest BCUT2D eigenvalue weighted by atomic mass is 35.5. The van der Waals surface area contributed by atoms with Gasteiger partial charge in [-0.15, -0.1) is 0 Å². The minimum Gasteiger partial charge on any atom is -0.486 e. The fourth-order valence-electron chi connectivity index (χ4n) is 2.96. The van der Waals surface area contributed by atoms with Crippen LogP contribution >= 0.6 is 11.6 Å². The van der Waals surface area contributed by atoms with Gasteiger partial charge >= 0.3 is 0 Å². The largest absolute Gasteiger partial charge is 0.486 e. The lowest BCUT2D eigenvalue weighted by Crippen LogP contribution is -2.17. The van der Waals surface area contributed by atoms with E-state index in [0.29, 0.717) is 35.3 Å². The van der Waals surface area contributed by atoms with Gasteiger partial charge in [0.25, 0.3) is 0 Å². The molecule has 0 spiro atoms. The number of hydrogen-bond donors (Lipinski definition) is 1. The molecule has 2 aromatic carbocycles. The second kappa shape index (κ2) is 8.20. The van der Waals surface area contributed by atoms with Crippen molar-refractivity contribution < 1.29 is 22.3 Å². The molecule has 3 aromatic rings. The molecule has 1 aliphatic rings. The van der Waals surface area contributed by atoms with Crippen LogP contribution in [0.25, 0.3) is 11.5 Å². The first kappa shape index (κ1) is 20.6. The second-order valence-electron chi connectivity index (χ2n) is 6.90. The van der Waals surface area contributed by atoms with Crippen LogP contribution in [-0.2, 0) is 9.84 Å². The third-order valence-corrected chi connectivity index (χ3v) is 6.76. The molecule has 0 bridgehead atoms. The fourth-order valence-corrected chi connectivity index (χ4v) is 4.45. The standard InChI is InChI=1S/C21H21ClN2O5S/c1-3-13(2)23-20-21(24-19(29-20)15-6-4-5-7-16(15)22)30(25,26)14-8-9-17-18(12-14)28-11-10-27-17/h4-9,12-13,23H,3,10-11H2,1-2H3. The summed E-state index contributed by atoms with van der Waals surface area (Å²) in [6, 6.07) is 11.5. The van der Waals surface area contributed by atoms with Crippen molar-refractivity contribution in [3.05, 3.63) is 47.5 Å². The molecule has 0 amide bonds. The van der Waals surface area contributed by atoms with Crippen molar-refractivity contribution >= 4 is 27.3 Å². The van der Waals surface area contributed by atoms with Crippen molar-refractivity contribution in [1.82, 2.24) is 4.98 Å². The Bertz CT molecular complexity index is 1180. The zero-order valence-electron chi connectivity index (χ0n) is 16.5. The molecule has 0 fully saturated rings. The van der Waals surface area contributed by atoms with E-state index in [1.165, 1.54) is 12.1 Å². The molecule has 4 rings (SSSR count). The van der Waals surface area contributed by atoms with E-state index in [0.717, 1.165) is 6.42 Å². The Balaban J connectivity index is 1.82. The average Bonchev–Trinajstić information content (AvgIpc) is 3.17. The van der Waals surface area contributed by atoms with Gasteiger partial charge in [0.2, 0.25) is 26.6 Å². The van der Waals surface area contributed by atoms with Gasteiger partial charge in [-0.1, -0.05) is 30.7 Å². The van der Waals surface area contributed by atoms with Crippen LogP contribution in [0.3, 0.4) is 0 Å². The number of fused-ring (bicyclic) bond motifs is 1. The van der Waals surface area contributed by atoms with E-state index in [1.807, 2.05) is 13.8 Å². The molecule has 0 radical (unpaired) electrons. The normalized spacial score (nSPS) is 14.4. The molecule has 1 N–H and O–H groups in total. The highest BCUT2D eigenvalue weighted by Gasteiger charge is 2.30. The number of nitrogens with zero attached hydrogens (tertiary/aromatic N) is 1. The lowest BCUT2D eigenvalue weighted by Gasteiger charge is -2.18. The van der Waals surface area contributed by atoms with Gasteiger partial charge in [0.1, 0.15) is 13.2 Å². The van der Waals surface area contributed by atoms with E-state index in [4.69, 9.17) is 25.5 Å². The Morgan fingerprint density at radius 3 is 2.60 bits per heavy atom. The number of ether oxygens (including phenoxy) is 2. The monoisotopic (exact) mass is 448 g/mol. The lowest BCUT2D eigenvalue weighted by atomic mass is 10.2. The molecule has 0 aliphatic carbocycles. The van der Waals surface area contributed by atoms with Crippen LogP contribution in [0, 0.1) is 0 Å². The Kier molecular flexibility index (Phi) is 5.62. The summed E-state index contributed by atoms with van der Waals surface area (Å²) in [5, 5.41) is 3.31. The summed E-state index contributed by atoms with van der Waals surface area (Å²) >= 11 is 6.26. The first-order valence-electron chi connectivity index (χ1n) is 9.57. The molecule has 1 aliphatic heterocycles. The predicted molar refractivity (Wildman–Crippen MR) is 113 cm³/mol. The van der Waals surface area contributed by atoms with Crippen molar-refractivity contribution in [2.24, 2.45) is 0 Å². The minimum absolute atomic E-state index is 0.0220. The lowest BCUT2D eigenvalue weighted by molar-refractivity contribution is 0.171. The number of rotatable bonds is 6. The molecule has 30 heavy (non-hydrogen) atoms. The molecule has 2 heterocycles. The Hall–Kier alpha value is -2.71. The van der Waals surface area contributed by atoms with E-state index in [-0.39, 0.29) is 27.7 Å². The molecule has 0 saturated heterocycles. The summed E-state index contributed by atoms with van der Waals surface area (Å²) in [5.74, 6) is 1.10. The van der Waals surface area contributed by atoms with Crippen molar-refractivity contribution in [2.45, 2.75) is 36.2 Å². The Labute approximate surface area is 179 Å². The summed E-state index contributed by atoms with van der Waals surface area (Å²) < 4.78 is 43.7. The quantitative estimate of drug-likeness (QED) is 0.578. The predicted octanol–water partition coefficient (Wildman–Crippen LogP) is 4.81. The summed E-state index contributed by atoms with van der Waals surface area (Å²) in [6.07, 6.45) is 0.769. The number of sulfone groups is 1. The van der Waals surface area contributed by atoms with Crippen molar-refractivity contribution in [3.63, 3.8) is 0 Å². The number of hydrogen-bond acceptors (Lipinski definition) is 7. The molecule has 1 unspecified atom stereocenters. The van der Waals surface area contributed by atoms with Crippen molar-refractivity contribution in [3.8, 4) is 23.0 Å². The Morgan fingerprint density at radius 1 is 1.13 bits per heavy atom. The highest BCUT2D eigenvalue weighted by molar-refractivity contribution is 7.91. The van der Waals surface area contributed by atoms with Crippen molar-refractivity contribution in [2.75, 3.05) is 18.5 Å². The summed E-state index contributed by atoms with van der Waals surface area (Å²) in [6.45, 7) is 4.70. The van der Waals surface area contributed by atoms with Gasteiger partial charge in [-0.05, 0) is 37.6 Å². The van der Waals surface area contributed by atoms with Crippen LogP contribution in [0.2, 0.25) is 5.02 Å². The molecule has 9 heteroatoms. The fraction of sp³-hybridized carbons (Fsp3) is 0.286. The number of oxazole rings is 1.